The van der Waals surface area contributed by atoms with Gasteiger partial charge in [0.25, 0.3) is 0 Å². The summed E-state index contributed by atoms with van der Waals surface area (Å²) >= 11 is 1.45. The molecule has 1 aromatic heterocycles. The van der Waals surface area contributed by atoms with Crippen molar-refractivity contribution >= 4 is 21.4 Å². The van der Waals surface area contributed by atoms with Gasteiger partial charge in [0.05, 0.1) is 6.10 Å². The average molecular weight is 290 g/mol. The Morgan fingerprint density at radius 3 is 2.40 bits per heavy atom. The van der Waals surface area contributed by atoms with Crippen molar-refractivity contribution in [2.45, 2.75) is 12.5 Å². The van der Waals surface area contributed by atoms with Gasteiger partial charge in [0.1, 0.15) is 11.6 Å². The highest BCUT2D eigenvalue weighted by molar-refractivity contribution is 7.19. The second-order valence-electron chi connectivity index (χ2n) is 4.68. The quantitative estimate of drug-likeness (QED) is 0.755. The summed E-state index contributed by atoms with van der Waals surface area (Å²) in [5.74, 6) is -0.574. The molecule has 0 aliphatic carbocycles. The van der Waals surface area contributed by atoms with Crippen LogP contribution in [0.3, 0.4) is 0 Å². The van der Waals surface area contributed by atoms with Gasteiger partial charge in [-0.05, 0) is 47.3 Å². The number of aliphatic hydroxyl groups excluding tert-OH is 1. The highest BCUT2D eigenvalue weighted by Gasteiger charge is 2.12. The molecular weight excluding hydrogens is 278 g/mol. The van der Waals surface area contributed by atoms with E-state index in [9.17, 15) is 13.9 Å². The van der Waals surface area contributed by atoms with Crippen LogP contribution < -0.4 is 0 Å². The van der Waals surface area contributed by atoms with Crippen molar-refractivity contribution in [3.8, 4) is 0 Å². The maximum absolute atomic E-state index is 13.1. The molecule has 0 fully saturated rings. The standard InChI is InChI=1S/C16H12F2OS/c17-12-3-1-10(2-4-12)7-14(19)16-9-11-8-13(18)5-6-15(11)20-16/h1-6,8-9,14,19H,7H2. The molecule has 102 valence electrons. The fraction of sp³-hybridized carbons (Fsp3) is 0.125. The highest BCUT2D eigenvalue weighted by atomic mass is 32.1. The number of fused-ring (bicyclic) bond motifs is 1. The second-order valence-corrected chi connectivity index (χ2v) is 5.79. The van der Waals surface area contributed by atoms with Gasteiger partial charge in [-0.2, -0.15) is 0 Å². The zero-order chi connectivity index (χ0) is 14.1. The molecule has 1 atom stereocenters. The van der Waals surface area contributed by atoms with Crippen molar-refractivity contribution in [1.82, 2.24) is 0 Å². The number of benzene rings is 2. The average Bonchev–Trinajstić information content (AvgIpc) is 2.84. The van der Waals surface area contributed by atoms with Gasteiger partial charge in [-0.15, -0.1) is 11.3 Å². The third kappa shape index (κ3) is 2.71. The van der Waals surface area contributed by atoms with Gasteiger partial charge < -0.3 is 5.11 Å². The predicted octanol–water partition coefficient (Wildman–Crippen LogP) is 4.46. The van der Waals surface area contributed by atoms with Crippen LogP contribution in [-0.4, -0.2) is 5.11 Å². The van der Waals surface area contributed by atoms with E-state index in [4.69, 9.17) is 0 Å². The fourth-order valence-electron chi connectivity index (χ4n) is 2.14. The Hall–Kier alpha value is -1.78. The van der Waals surface area contributed by atoms with Gasteiger partial charge in [-0.3, -0.25) is 0 Å². The van der Waals surface area contributed by atoms with E-state index in [1.165, 1.54) is 35.6 Å². The monoisotopic (exact) mass is 290 g/mol. The van der Waals surface area contributed by atoms with E-state index < -0.39 is 6.10 Å². The van der Waals surface area contributed by atoms with Crippen LogP contribution in [0.15, 0.2) is 48.5 Å². The minimum atomic E-state index is -0.666. The van der Waals surface area contributed by atoms with Gasteiger partial charge in [0, 0.05) is 16.0 Å². The lowest BCUT2D eigenvalue weighted by Gasteiger charge is -2.08. The third-order valence-electron chi connectivity index (χ3n) is 3.17. The van der Waals surface area contributed by atoms with Crippen molar-refractivity contribution in [2.24, 2.45) is 0 Å². The molecule has 0 radical (unpaired) electrons. The van der Waals surface area contributed by atoms with E-state index in [-0.39, 0.29) is 11.6 Å². The number of hydrogen-bond acceptors (Lipinski definition) is 2. The molecule has 1 N–H and O–H groups in total. The molecule has 20 heavy (non-hydrogen) atoms. The molecule has 0 aliphatic heterocycles. The molecule has 3 aromatic rings. The van der Waals surface area contributed by atoms with Crippen LogP contribution in [-0.2, 0) is 6.42 Å². The van der Waals surface area contributed by atoms with E-state index in [0.717, 1.165) is 20.5 Å². The number of halogens is 2. The first-order chi connectivity index (χ1) is 9.61. The van der Waals surface area contributed by atoms with Crippen molar-refractivity contribution in [3.63, 3.8) is 0 Å². The van der Waals surface area contributed by atoms with Crippen LogP contribution in [0.5, 0.6) is 0 Å². The molecule has 0 saturated heterocycles. The second kappa shape index (κ2) is 5.31. The Balaban J connectivity index is 1.84. The fourth-order valence-corrected chi connectivity index (χ4v) is 3.17. The maximum Gasteiger partial charge on any atom is 0.123 e. The lowest BCUT2D eigenvalue weighted by atomic mass is 10.1. The first-order valence-corrected chi connectivity index (χ1v) is 7.05. The van der Waals surface area contributed by atoms with Gasteiger partial charge in [0.2, 0.25) is 0 Å². The summed E-state index contributed by atoms with van der Waals surface area (Å²) in [6.07, 6.45) is -0.254. The van der Waals surface area contributed by atoms with Crippen molar-refractivity contribution in [2.75, 3.05) is 0 Å². The smallest absolute Gasteiger partial charge is 0.123 e. The summed E-state index contributed by atoms with van der Waals surface area (Å²) < 4.78 is 26.9. The lowest BCUT2D eigenvalue weighted by molar-refractivity contribution is 0.182. The first-order valence-electron chi connectivity index (χ1n) is 6.23. The summed E-state index contributed by atoms with van der Waals surface area (Å²) in [7, 11) is 0. The summed E-state index contributed by atoms with van der Waals surface area (Å²) in [6, 6.07) is 12.5. The van der Waals surface area contributed by atoms with E-state index in [2.05, 4.69) is 0 Å². The number of hydrogen-bond donors (Lipinski definition) is 1. The molecule has 3 rings (SSSR count). The molecule has 2 aromatic carbocycles. The SMILES string of the molecule is OC(Cc1ccc(F)cc1)c1cc2cc(F)ccc2s1. The van der Waals surface area contributed by atoms with Gasteiger partial charge in [-0.1, -0.05) is 12.1 Å². The molecule has 0 saturated carbocycles. The Bertz CT molecular complexity index is 734. The first kappa shape index (κ1) is 13.2. The minimum Gasteiger partial charge on any atom is -0.387 e. The summed E-state index contributed by atoms with van der Waals surface area (Å²) in [4.78, 5) is 0.787. The van der Waals surface area contributed by atoms with Gasteiger partial charge in [-0.25, -0.2) is 8.78 Å². The van der Waals surface area contributed by atoms with Crippen molar-refractivity contribution in [1.29, 1.82) is 0 Å². The third-order valence-corrected chi connectivity index (χ3v) is 4.39. The van der Waals surface area contributed by atoms with E-state index in [1.54, 1.807) is 24.3 Å². The number of thiophene rings is 1. The molecule has 0 bridgehead atoms. The van der Waals surface area contributed by atoms with Crippen LogP contribution in [0.1, 0.15) is 16.5 Å². The van der Waals surface area contributed by atoms with Gasteiger partial charge >= 0.3 is 0 Å². The van der Waals surface area contributed by atoms with Crippen LogP contribution >= 0.6 is 11.3 Å². The van der Waals surface area contributed by atoms with E-state index in [1.807, 2.05) is 0 Å². The normalized spacial score (nSPS) is 12.8. The van der Waals surface area contributed by atoms with Crippen molar-refractivity contribution in [3.05, 3.63) is 70.6 Å². The maximum atomic E-state index is 13.1. The van der Waals surface area contributed by atoms with Crippen LogP contribution in [0.25, 0.3) is 10.1 Å². The summed E-state index contributed by atoms with van der Waals surface area (Å²) in [6.45, 7) is 0. The van der Waals surface area contributed by atoms with Crippen LogP contribution in [0, 0.1) is 11.6 Å². The number of aliphatic hydroxyl groups is 1. The minimum absolute atomic E-state index is 0.283. The van der Waals surface area contributed by atoms with Crippen LogP contribution in [0.2, 0.25) is 0 Å². The Morgan fingerprint density at radius 2 is 1.65 bits per heavy atom. The Morgan fingerprint density at radius 1 is 0.950 bits per heavy atom. The predicted molar refractivity (Wildman–Crippen MR) is 76.8 cm³/mol. The topological polar surface area (TPSA) is 20.2 Å². The zero-order valence-corrected chi connectivity index (χ0v) is 11.3. The van der Waals surface area contributed by atoms with E-state index >= 15 is 0 Å². The largest absolute Gasteiger partial charge is 0.387 e. The lowest BCUT2D eigenvalue weighted by Crippen LogP contribution is -1.99. The molecular formula is C16H12F2OS. The molecule has 0 spiro atoms. The Labute approximate surface area is 119 Å². The molecule has 1 nitrogen and oxygen atoms in total. The summed E-state index contributed by atoms with van der Waals surface area (Å²) in [5.41, 5.74) is 0.863. The zero-order valence-electron chi connectivity index (χ0n) is 10.5. The van der Waals surface area contributed by atoms with E-state index in [0.29, 0.717) is 6.42 Å². The highest BCUT2D eigenvalue weighted by Crippen LogP contribution is 2.31. The molecule has 0 amide bonds. The molecule has 4 heteroatoms. The number of rotatable bonds is 3. The molecule has 0 aliphatic rings. The van der Waals surface area contributed by atoms with Gasteiger partial charge in [0.15, 0.2) is 0 Å². The Kier molecular flexibility index (Phi) is 3.51. The van der Waals surface area contributed by atoms with Crippen molar-refractivity contribution < 1.29 is 13.9 Å². The van der Waals surface area contributed by atoms with Crippen LogP contribution in [0.4, 0.5) is 8.78 Å². The molecule has 1 heterocycles. The summed E-state index contributed by atoms with van der Waals surface area (Å²) in [5, 5.41) is 11.0. The molecule has 1 unspecified atom stereocenters.